The van der Waals surface area contributed by atoms with Crippen LogP contribution in [0.2, 0.25) is 0 Å². The fraction of sp³-hybridized carbons (Fsp3) is 0. The zero-order valence-electron chi connectivity index (χ0n) is 1.80. The molecule has 0 saturated carbocycles. The van der Waals surface area contributed by atoms with Crippen LogP contribution in [0.3, 0.4) is 0 Å². The van der Waals surface area contributed by atoms with Gasteiger partial charge in [-0.3, -0.25) is 0 Å². The second-order valence-electron chi connectivity index (χ2n) is 0.283. The van der Waals surface area contributed by atoms with Crippen LogP contribution in [-0.4, -0.2) is 16.4 Å². The summed E-state index contributed by atoms with van der Waals surface area (Å²) in [6.45, 7) is 0. The molecule has 0 amide bonds. The molecule has 0 unspecified atom stereocenters. The third-order valence-corrected chi connectivity index (χ3v) is 0. The number of hydrogen-bond donors (Lipinski definition) is 2. The van der Waals surface area contributed by atoms with Crippen molar-refractivity contribution in [2.24, 2.45) is 0 Å². The van der Waals surface area contributed by atoms with Crippen molar-refractivity contribution in [2.75, 3.05) is 0 Å². The van der Waals surface area contributed by atoms with Gasteiger partial charge in [-0.15, -0.1) is 0 Å². The van der Waals surface area contributed by atoms with Crippen LogP contribution in [0.1, 0.15) is 1.43 Å². The average molecular weight is 64.0 g/mol. The van der Waals surface area contributed by atoms with E-state index in [9.17, 15) is 0 Å². The molecular weight excluding hydrogens is 60.0 g/mol. The summed E-state index contributed by atoms with van der Waals surface area (Å²) in [5.74, 6) is 0. The highest BCUT2D eigenvalue weighted by Gasteiger charge is 1.70. The van der Waals surface area contributed by atoms with Crippen molar-refractivity contribution in [1.82, 2.24) is 0 Å². The van der Waals surface area contributed by atoms with Crippen molar-refractivity contribution >= 4 is 6.16 Å². The molecule has 26 valence electrons. The molecule has 0 fully saturated rings. The molecule has 0 saturated heterocycles. The number of hydrogen-bond acceptors (Lipinski definition) is 1. The van der Waals surface area contributed by atoms with Crippen molar-refractivity contribution in [3.05, 3.63) is 0 Å². The number of carbonyl (C=O) groups is 1. The first-order valence-corrected chi connectivity index (χ1v) is 0.651. The lowest BCUT2D eigenvalue weighted by Crippen LogP contribution is -1.81. The van der Waals surface area contributed by atoms with Crippen LogP contribution < -0.4 is 0 Å². The Labute approximate surface area is 24.0 Å². The van der Waals surface area contributed by atoms with Gasteiger partial charge < -0.3 is 10.2 Å². The van der Waals surface area contributed by atoms with Gasteiger partial charge in [0, 0.05) is 1.43 Å². The van der Waals surface area contributed by atoms with E-state index in [1.54, 1.807) is 0 Å². The van der Waals surface area contributed by atoms with E-state index in [1.165, 1.54) is 0 Å². The van der Waals surface area contributed by atoms with Crippen LogP contribution in [0.4, 0.5) is 4.79 Å². The van der Waals surface area contributed by atoms with E-state index in [1.807, 2.05) is 0 Å². The van der Waals surface area contributed by atoms with Gasteiger partial charge in [0.15, 0.2) is 0 Å². The summed E-state index contributed by atoms with van der Waals surface area (Å²) in [7, 11) is 0. The third-order valence-electron chi connectivity index (χ3n) is 0. The molecule has 0 aromatic rings. The molecule has 0 radical (unpaired) electrons. The maximum absolute atomic E-state index is 8.56. The molecule has 3 heteroatoms. The van der Waals surface area contributed by atoms with E-state index < -0.39 is 6.16 Å². The highest BCUT2D eigenvalue weighted by atomic mass is 16.6. The van der Waals surface area contributed by atoms with Crippen molar-refractivity contribution in [2.45, 2.75) is 0 Å². The second kappa shape index (κ2) is 0.711. The zero-order chi connectivity index (χ0) is 3.58. The Morgan fingerprint density at radius 3 is 1.75 bits per heavy atom. The molecular formula is CH4O3. The first-order valence-electron chi connectivity index (χ1n) is 0.651. The van der Waals surface area contributed by atoms with Crippen LogP contribution in [-0.2, 0) is 0 Å². The molecule has 0 aliphatic rings. The van der Waals surface area contributed by atoms with E-state index in [2.05, 4.69) is 0 Å². The monoisotopic (exact) mass is 64.0 g/mol. The van der Waals surface area contributed by atoms with Gasteiger partial charge in [0.1, 0.15) is 0 Å². The van der Waals surface area contributed by atoms with E-state index in [0.717, 1.165) is 0 Å². The summed E-state index contributed by atoms with van der Waals surface area (Å²) in [6, 6.07) is 0. The minimum absolute atomic E-state index is 0. The molecule has 0 aliphatic heterocycles. The summed E-state index contributed by atoms with van der Waals surface area (Å²) in [5, 5.41) is 13.9. The number of rotatable bonds is 0. The van der Waals surface area contributed by atoms with E-state index in [-0.39, 0.29) is 1.43 Å². The van der Waals surface area contributed by atoms with Gasteiger partial charge in [-0.1, -0.05) is 0 Å². The molecule has 0 aromatic heterocycles. The first kappa shape index (κ1) is 3.27. The molecule has 0 bridgehead atoms. The van der Waals surface area contributed by atoms with Crippen LogP contribution in [0.15, 0.2) is 0 Å². The fourth-order valence-electron chi connectivity index (χ4n) is 0. The van der Waals surface area contributed by atoms with E-state index >= 15 is 0 Å². The largest absolute Gasteiger partial charge is 0.503 e. The highest BCUT2D eigenvalue weighted by molar-refractivity contribution is 5.53. The molecule has 0 heterocycles. The summed E-state index contributed by atoms with van der Waals surface area (Å²) in [5.41, 5.74) is 0. The van der Waals surface area contributed by atoms with Gasteiger partial charge in [-0.05, 0) is 0 Å². The summed E-state index contributed by atoms with van der Waals surface area (Å²) in [4.78, 5) is 8.56. The minimum Gasteiger partial charge on any atom is -0.450 e. The predicted molar refractivity (Wildman–Crippen MR) is 12.8 cm³/mol. The topological polar surface area (TPSA) is 57.5 Å². The molecule has 2 N–H and O–H groups in total. The lowest BCUT2D eigenvalue weighted by atomic mass is 11.5. The van der Waals surface area contributed by atoms with Crippen LogP contribution >= 0.6 is 0 Å². The zero-order valence-corrected chi connectivity index (χ0v) is 1.80. The Kier molecular flexibility index (Phi) is 0.581. The minimum atomic E-state index is -1.83. The Morgan fingerprint density at radius 1 is 1.75 bits per heavy atom. The van der Waals surface area contributed by atoms with Crippen molar-refractivity contribution in [3.8, 4) is 0 Å². The van der Waals surface area contributed by atoms with Crippen molar-refractivity contribution in [3.63, 3.8) is 0 Å². The summed E-state index contributed by atoms with van der Waals surface area (Å²) in [6.07, 6.45) is -1.83. The van der Waals surface area contributed by atoms with Gasteiger partial charge >= 0.3 is 6.16 Å². The molecule has 0 atom stereocenters. The maximum atomic E-state index is 8.56. The molecule has 0 aliphatic carbocycles. The van der Waals surface area contributed by atoms with Crippen LogP contribution in [0.5, 0.6) is 0 Å². The standard InChI is InChI=1S/CH2O3.H2/c2-1(3)4;/h(H2,2,3,4);1H. The Balaban J connectivity index is 0. The average Bonchev–Trinajstić information content (AvgIpc) is 0.811. The van der Waals surface area contributed by atoms with Crippen molar-refractivity contribution < 1.29 is 16.4 Å². The highest BCUT2D eigenvalue weighted by Crippen LogP contribution is 1.42. The Morgan fingerprint density at radius 2 is 1.75 bits per heavy atom. The fourth-order valence-corrected chi connectivity index (χ4v) is 0. The van der Waals surface area contributed by atoms with Gasteiger partial charge in [-0.2, -0.15) is 0 Å². The molecule has 4 heavy (non-hydrogen) atoms. The summed E-state index contributed by atoms with van der Waals surface area (Å²) < 4.78 is 0. The summed E-state index contributed by atoms with van der Waals surface area (Å²) >= 11 is 0. The molecule has 0 rings (SSSR count). The first-order chi connectivity index (χ1) is 1.73. The second-order valence-corrected chi connectivity index (χ2v) is 0.283. The quantitative estimate of drug-likeness (QED) is 0.430. The molecule has 0 aromatic carbocycles. The molecule has 0 spiro atoms. The van der Waals surface area contributed by atoms with Crippen LogP contribution in [0.25, 0.3) is 0 Å². The van der Waals surface area contributed by atoms with Gasteiger partial charge in [0.05, 0.1) is 0 Å². The lowest BCUT2D eigenvalue weighted by Gasteiger charge is -1.60. The third kappa shape index (κ3) is 0.174. The Hall–Kier alpha value is -0.730. The molecule has 3 nitrogen and oxygen atoms in total. The van der Waals surface area contributed by atoms with E-state index in [0.29, 0.717) is 0 Å². The normalized spacial score (nSPS) is 6.00. The van der Waals surface area contributed by atoms with Crippen molar-refractivity contribution in [1.29, 1.82) is 0 Å². The van der Waals surface area contributed by atoms with Gasteiger partial charge in [-0.25, -0.2) is 4.79 Å². The van der Waals surface area contributed by atoms with Gasteiger partial charge in [0.2, 0.25) is 0 Å². The maximum Gasteiger partial charge on any atom is 0.503 e. The lowest BCUT2D eigenvalue weighted by molar-refractivity contribution is 0.137. The smallest absolute Gasteiger partial charge is 0.450 e. The SMILES string of the molecule is O=C(O)O.[HH]. The van der Waals surface area contributed by atoms with E-state index in [4.69, 9.17) is 15.0 Å². The van der Waals surface area contributed by atoms with Gasteiger partial charge in [0.25, 0.3) is 0 Å². The number of carboxylic acid groups (broad SMARTS) is 2. The predicted octanol–water partition coefficient (Wildman–Crippen LogP) is 0.468. The van der Waals surface area contributed by atoms with Crippen LogP contribution in [0, 0.1) is 0 Å². The Bertz CT molecular complexity index is 29.9.